The summed E-state index contributed by atoms with van der Waals surface area (Å²) in [5.41, 5.74) is 9.04. The van der Waals surface area contributed by atoms with E-state index in [-0.39, 0.29) is 6.61 Å². The molecule has 22 heavy (non-hydrogen) atoms. The summed E-state index contributed by atoms with van der Waals surface area (Å²) in [6.07, 6.45) is 0.476. The molecule has 0 bridgehead atoms. The first-order chi connectivity index (χ1) is 10.5. The lowest BCUT2D eigenvalue weighted by Gasteiger charge is -2.28. The molecule has 0 aliphatic carbocycles. The number of nitrogens with two attached hydrogens (primary N) is 1. The van der Waals surface area contributed by atoms with E-state index in [2.05, 4.69) is 32.0 Å². The van der Waals surface area contributed by atoms with Crippen LogP contribution in [0.25, 0.3) is 0 Å². The molecule has 0 heterocycles. The molecule has 2 aromatic rings. The predicted molar refractivity (Wildman–Crippen MR) is 89.6 cm³/mol. The predicted octanol–water partition coefficient (Wildman–Crippen LogP) is 3.06. The largest absolute Gasteiger partial charge is 0.383 e. The average molecular weight is 299 g/mol. The van der Waals surface area contributed by atoms with Crippen LogP contribution in [-0.4, -0.2) is 18.3 Å². The first kappa shape index (κ1) is 16.7. The van der Waals surface area contributed by atoms with Crippen molar-refractivity contribution in [2.45, 2.75) is 32.5 Å². The Labute approximate surface area is 132 Å². The van der Waals surface area contributed by atoms with E-state index in [4.69, 9.17) is 10.5 Å². The van der Waals surface area contributed by atoms with Crippen molar-refractivity contribution in [1.29, 1.82) is 0 Å². The van der Waals surface area contributed by atoms with Gasteiger partial charge in [0.05, 0.1) is 13.2 Å². The van der Waals surface area contributed by atoms with E-state index in [9.17, 15) is 5.11 Å². The summed E-state index contributed by atoms with van der Waals surface area (Å²) in [4.78, 5) is 0. The Hall–Kier alpha value is -1.68. The standard InChI is InChI=1S/C19H25NO2/c1-15-10-16(2)12-17(11-15)13-22-14-19(21,8-9-20)18-6-4-3-5-7-18/h3-7,10-12,21H,8-9,13-14,20H2,1-2H3. The molecule has 2 rings (SSSR count). The van der Waals surface area contributed by atoms with Crippen LogP contribution in [0.3, 0.4) is 0 Å². The smallest absolute Gasteiger partial charge is 0.114 e. The van der Waals surface area contributed by atoms with Crippen LogP contribution in [0.1, 0.15) is 28.7 Å². The Morgan fingerprint density at radius 2 is 1.68 bits per heavy atom. The summed E-state index contributed by atoms with van der Waals surface area (Å²) < 4.78 is 5.80. The van der Waals surface area contributed by atoms with Crippen molar-refractivity contribution in [3.63, 3.8) is 0 Å². The van der Waals surface area contributed by atoms with Crippen molar-refractivity contribution in [1.82, 2.24) is 0 Å². The molecule has 0 aliphatic rings. The van der Waals surface area contributed by atoms with E-state index in [0.717, 1.165) is 11.1 Å². The number of aryl methyl sites for hydroxylation is 2. The summed E-state index contributed by atoms with van der Waals surface area (Å²) in [5.74, 6) is 0. The molecule has 0 spiro atoms. The Balaban J connectivity index is 2.03. The third-order valence-electron chi connectivity index (χ3n) is 3.76. The first-order valence-corrected chi connectivity index (χ1v) is 7.66. The summed E-state index contributed by atoms with van der Waals surface area (Å²) in [6.45, 7) is 5.29. The van der Waals surface area contributed by atoms with Crippen molar-refractivity contribution in [3.8, 4) is 0 Å². The highest BCUT2D eigenvalue weighted by Gasteiger charge is 2.28. The maximum Gasteiger partial charge on any atom is 0.114 e. The SMILES string of the molecule is Cc1cc(C)cc(COCC(O)(CCN)c2ccccc2)c1. The number of benzene rings is 2. The Bertz CT molecular complexity index is 577. The summed E-state index contributed by atoms with van der Waals surface area (Å²) >= 11 is 0. The molecule has 0 aromatic heterocycles. The molecular formula is C19H25NO2. The van der Waals surface area contributed by atoms with Gasteiger partial charge in [-0.2, -0.15) is 0 Å². The van der Waals surface area contributed by atoms with Gasteiger partial charge in [0.25, 0.3) is 0 Å². The molecule has 0 saturated carbocycles. The van der Waals surface area contributed by atoms with Gasteiger partial charge < -0.3 is 15.6 Å². The topological polar surface area (TPSA) is 55.5 Å². The molecule has 3 N–H and O–H groups in total. The Morgan fingerprint density at radius 1 is 1.05 bits per heavy atom. The zero-order valence-corrected chi connectivity index (χ0v) is 13.4. The van der Waals surface area contributed by atoms with Gasteiger partial charge in [0.1, 0.15) is 5.60 Å². The fourth-order valence-corrected chi connectivity index (χ4v) is 2.78. The molecule has 3 nitrogen and oxygen atoms in total. The lowest BCUT2D eigenvalue weighted by molar-refractivity contribution is -0.0602. The van der Waals surface area contributed by atoms with Crippen molar-refractivity contribution in [2.24, 2.45) is 5.73 Å². The van der Waals surface area contributed by atoms with Gasteiger partial charge in [-0.05, 0) is 37.9 Å². The summed E-state index contributed by atoms with van der Waals surface area (Å²) in [5, 5.41) is 10.9. The second-order valence-corrected chi connectivity index (χ2v) is 5.93. The molecule has 0 radical (unpaired) electrons. The van der Waals surface area contributed by atoms with Crippen LogP contribution in [0.15, 0.2) is 48.5 Å². The van der Waals surface area contributed by atoms with Gasteiger partial charge in [-0.25, -0.2) is 0 Å². The number of rotatable bonds is 7. The highest BCUT2D eigenvalue weighted by Crippen LogP contribution is 2.25. The maximum absolute atomic E-state index is 10.9. The first-order valence-electron chi connectivity index (χ1n) is 7.66. The normalized spacial score (nSPS) is 13.8. The molecule has 0 fully saturated rings. The molecule has 1 unspecified atom stereocenters. The van der Waals surface area contributed by atoms with Crippen LogP contribution >= 0.6 is 0 Å². The summed E-state index contributed by atoms with van der Waals surface area (Å²) in [6, 6.07) is 15.9. The highest BCUT2D eigenvalue weighted by molar-refractivity contribution is 5.28. The molecule has 0 aliphatic heterocycles. The monoisotopic (exact) mass is 299 g/mol. The molecule has 0 saturated heterocycles. The lowest BCUT2D eigenvalue weighted by Crippen LogP contribution is -2.34. The lowest BCUT2D eigenvalue weighted by atomic mass is 9.91. The molecular weight excluding hydrogens is 274 g/mol. The number of hydrogen-bond acceptors (Lipinski definition) is 3. The van der Waals surface area contributed by atoms with Crippen LogP contribution in [0.2, 0.25) is 0 Å². The third-order valence-corrected chi connectivity index (χ3v) is 3.76. The van der Waals surface area contributed by atoms with Crippen LogP contribution < -0.4 is 5.73 Å². The van der Waals surface area contributed by atoms with Crippen LogP contribution in [0, 0.1) is 13.8 Å². The van der Waals surface area contributed by atoms with Gasteiger partial charge in [0.15, 0.2) is 0 Å². The second kappa shape index (κ2) is 7.54. The number of ether oxygens (including phenoxy) is 1. The fraction of sp³-hybridized carbons (Fsp3) is 0.368. The van der Waals surface area contributed by atoms with Gasteiger partial charge in [0.2, 0.25) is 0 Å². The molecule has 118 valence electrons. The fourth-order valence-electron chi connectivity index (χ4n) is 2.78. The van der Waals surface area contributed by atoms with E-state index in [1.165, 1.54) is 11.1 Å². The van der Waals surface area contributed by atoms with Crippen LogP contribution in [0.4, 0.5) is 0 Å². The van der Waals surface area contributed by atoms with E-state index in [1.807, 2.05) is 30.3 Å². The minimum atomic E-state index is -1.03. The second-order valence-electron chi connectivity index (χ2n) is 5.93. The van der Waals surface area contributed by atoms with Crippen molar-refractivity contribution in [2.75, 3.05) is 13.2 Å². The molecule has 3 heteroatoms. The van der Waals surface area contributed by atoms with E-state index in [1.54, 1.807) is 0 Å². The van der Waals surface area contributed by atoms with Gasteiger partial charge in [-0.15, -0.1) is 0 Å². The van der Waals surface area contributed by atoms with Gasteiger partial charge in [-0.3, -0.25) is 0 Å². The van der Waals surface area contributed by atoms with Crippen LogP contribution in [0.5, 0.6) is 0 Å². The number of aliphatic hydroxyl groups is 1. The van der Waals surface area contributed by atoms with E-state index < -0.39 is 5.60 Å². The average Bonchev–Trinajstić information content (AvgIpc) is 2.47. The minimum absolute atomic E-state index is 0.237. The van der Waals surface area contributed by atoms with Gasteiger partial charge in [-0.1, -0.05) is 59.7 Å². The summed E-state index contributed by atoms with van der Waals surface area (Å²) in [7, 11) is 0. The zero-order valence-electron chi connectivity index (χ0n) is 13.4. The maximum atomic E-state index is 10.9. The van der Waals surface area contributed by atoms with Crippen molar-refractivity contribution >= 4 is 0 Å². The van der Waals surface area contributed by atoms with Gasteiger partial charge in [0, 0.05) is 0 Å². The minimum Gasteiger partial charge on any atom is -0.383 e. The van der Waals surface area contributed by atoms with E-state index in [0.29, 0.717) is 19.6 Å². The molecule has 2 aromatic carbocycles. The van der Waals surface area contributed by atoms with Crippen LogP contribution in [-0.2, 0) is 16.9 Å². The third kappa shape index (κ3) is 4.41. The quantitative estimate of drug-likeness (QED) is 0.826. The number of hydrogen-bond donors (Lipinski definition) is 2. The zero-order chi connectivity index (χ0) is 16.0. The van der Waals surface area contributed by atoms with E-state index >= 15 is 0 Å². The van der Waals surface area contributed by atoms with Crippen molar-refractivity contribution in [3.05, 3.63) is 70.8 Å². The molecule has 1 atom stereocenters. The highest BCUT2D eigenvalue weighted by atomic mass is 16.5. The Kier molecular flexibility index (Phi) is 5.72. The van der Waals surface area contributed by atoms with Gasteiger partial charge >= 0.3 is 0 Å². The Morgan fingerprint density at radius 3 is 2.27 bits per heavy atom. The van der Waals surface area contributed by atoms with Crippen molar-refractivity contribution < 1.29 is 9.84 Å². The molecule has 0 amide bonds.